The van der Waals surface area contributed by atoms with Crippen molar-refractivity contribution in [3.8, 4) is 5.75 Å². The van der Waals surface area contributed by atoms with Crippen molar-refractivity contribution in [3.05, 3.63) is 87.9 Å². The van der Waals surface area contributed by atoms with E-state index in [1.807, 2.05) is 20.8 Å². The summed E-state index contributed by atoms with van der Waals surface area (Å²) in [4.78, 5) is 28.6. The Kier molecular flexibility index (Phi) is 11.1. The number of hydrogen-bond acceptors (Lipinski definition) is 5. The molecule has 0 heterocycles. The van der Waals surface area contributed by atoms with E-state index >= 15 is 0 Å². The Morgan fingerprint density at radius 1 is 0.951 bits per heavy atom. The molecular weight excluding hydrogens is 585 g/mol. The maximum Gasteiger partial charge on any atom is 0.264 e. The van der Waals surface area contributed by atoms with Crippen molar-refractivity contribution < 1.29 is 22.7 Å². The fourth-order valence-electron chi connectivity index (χ4n) is 4.12. The number of nitrogens with one attached hydrogen (secondary N) is 1. The lowest BCUT2D eigenvalue weighted by atomic mass is 10.1. The maximum absolute atomic E-state index is 14.1. The normalized spacial score (nSPS) is 12.1. The number of nitrogens with zero attached hydrogens (tertiary/aromatic N) is 2. The standard InChI is InChI=1S/C30H35Cl2N3O5S/c1-20(2)17-33-30(37)22(4)34(18-24-25(31)12-9-13-26(24)32)29(36)19-35(27-16-21(3)14-15-28(27)40-5)41(38,39)23-10-7-6-8-11-23/h6-16,20,22H,17-19H2,1-5H3,(H,33,37). The summed E-state index contributed by atoms with van der Waals surface area (Å²) >= 11 is 12.9. The number of carbonyl (C=O) groups excluding carboxylic acids is 2. The molecule has 220 valence electrons. The van der Waals surface area contributed by atoms with Crippen LogP contribution in [0.15, 0.2) is 71.6 Å². The molecular formula is C30H35Cl2N3O5S. The number of carbonyl (C=O) groups is 2. The van der Waals surface area contributed by atoms with E-state index in [4.69, 9.17) is 27.9 Å². The van der Waals surface area contributed by atoms with Crippen LogP contribution in [0.5, 0.6) is 5.75 Å². The third-order valence-electron chi connectivity index (χ3n) is 6.46. The third kappa shape index (κ3) is 7.93. The predicted octanol–water partition coefficient (Wildman–Crippen LogP) is 5.70. The largest absolute Gasteiger partial charge is 0.495 e. The van der Waals surface area contributed by atoms with E-state index in [0.717, 1.165) is 9.87 Å². The molecule has 8 nitrogen and oxygen atoms in total. The molecule has 2 amide bonds. The predicted molar refractivity (Wildman–Crippen MR) is 163 cm³/mol. The van der Waals surface area contributed by atoms with Crippen LogP contribution in [0.1, 0.15) is 31.9 Å². The number of anilines is 1. The van der Waals surface area contributed by atoms with Gasteiger partial charge in [0.1, 0.15) is 18.3 Å². The van der Waals surface area contributed by atoms with Crippen molar-refractivity contribution in [1.29, 1.82) is 0 Å². The van der Waals surface area contributed by atoms with Crippen LogP contribution < -0.4 is 14.4 Å². The maximum atomic E-state index is 14.1. The molecule has 0 aliphatic rings. The second-order valence-electron chi connectivity index (χ2n) is 10.0. The fourth-order valence-corrected chi connectivity index (χ4v) is 6.07. The number of benzene rings is 3. The van der Waals surface area contributed by atoms with Gasteiger partial charge in [-0.25, -0.2) is 8.42 Å². The molecule has 0 aliphatic heterocycles. The molecule has 0 aromatic heterocycles. The van der Waals surface area contributed by atoms with E-state index in [1.54, 1.807) is 61.5 Å². The van der Waals surface area contributed by atoms with Gasteiger partial charge in [-0.15, -0.1) is 0 Å². The average Bonchev–Trinajstić information content (AvgIpc) is 2.94. The van der Waals surface area contributed by atoms with Gasteiger partial charge in [-0.3, -0.25) is 13.9 Å². The monoisotopic (exact) mass is 619 g/mol. The van der Waals surface area contributed by atoms with Crippen LogP contribution in [0.25, 0.3) is 0 Å². The Bertz CT molecular complexity index is 1460. The van der Waals surface area contributed by atoms with Gasteiger partial charge in [0.05, 0.1) is 17.7 Å². The van der Waals surface area contributed by atoms with Crippen molar-refractivity contribution in [2.24, 2.45) is 5.92 Å². The molecule has 3 aromatic carbocycles. The van der Waals surface area contributed by atoms with E-state index < -0.39 is 28.5 Å². The van der Waals surface area contributed by atoms with E-state index in [9.17, 15) is 18.0 Å². The molecule has 0 bridgehead atoms. The molecule has 0 aliphatic carbocycles. The van der Waals surface area contributed by atoms with Crippen LogP contribution >= 0.6 is 23.2 Å². The van der Waals surface area contributed by atoms with E-state index in [2.05, 4.69) is 5.32 Å². The first-order valence-electron chi connectivity index (χ1n) is 13.1. The topological polar surface area (TPSA) is 96.0 Å². The molecule has 11 heteroatoms. The summed E-state index contributed by atoms with van der Waals surface area (Å²) in [6, 6.07) is 16.9. The highest BCUT2D eigenvalue weighted by atomic mass is 35.5. The van der Waals surface area contributed by atoms with Gasteiger partial charge in [0.25, 0.3) is 10.0 Å². The zero-order valence-corrected chi connectivity index (χ0v) is 26.1. The molecule has 0 saturated heterocycles. The molecule has 3 rings (SSSR count). The molecule has 1 N–H and O–H groups in total. The molecule has 0 radical (unpaired) electrons. The average molecular weight is 621 g/mol. The molecule has 0 spiro atoms. The van der Waals surface area contributed by atoms with Crippen LogP contribution in [0.3, 0.4) is 0 Å². The number of amides is 2. The lowest BCUT2D eigenvalue weighted by Gasteiger charge is -2.33. The van der Waals surface area contributed by atoms with Crippen molar-refractivity contribution in [1.82, 2.24) is 10.2 Å². The molecule has 0 fully saturated rings. The summed E-state index contributed by atoms with van der Waals surface area (Å²) in [5, 5.41) is 3.49. The van der Waals surface area contributed by atoms with Crippen LogP contribution in [0.2, 0.25) is 10.0 Å². The summed E-state index contributed by atoms with van der Waals surface area (Å²) in [6.07, 6.45) is 0. The molecule has 0 saturated carbocycles. The third-order valence-corrected chi connectivity index (χ3v) is 8.94. The first-order chi connectivity index (χ1) is 19.4. The highest BCUT2D eigenvalue weighted by Crippen LogP contribution is 2.34. The summed E-state index contributed by atoms with van der Waals surface area (Å²) in [7, 11) is -2.81. The highest BCUT2D eigenvalue weighted by Gasteiger charge is 2.34. The van der Waals surface area contributed by atoms with Gasteiger partial charge in [0.15, 0.2) is 0 Å². The van der Waals surface area contributed by atoms with Crippen LogP contribution in [-0.4, -0.2) is 51.4 Å². The zero-order valence-electron chi connectivity index (χ0n) is 23.7. The summed E-state index contributed by atoms with van der Waals surface area (Å²) in [6.45, 7) is 7.00. The number of halogens is 2. The van der Waals surface area contributed by atoms with E-state index in [1.165, 1.54) is 24.1 Å². The first-order valence-corrected chi connectivity index (χ1v) is 15.3. The number of aryl methyl sites for hydroxylation is 1. The minimum absolute atomic E-state index is 0.000202. The Morgan fingerprint density at radius 2 is 1.59 bits per heavy atom. The molecule has 1 unspecified atom stereocenters. The summed E-state index contributed by atoms with van der Waals surface area (Å²) in [5.41, 5.74) is 1.40. The summed E-state index contributed by atoms with van der Waals surface area (Å²) in [5.74, 6) is -0.558. The van der Waals surface area contributed by atoms with Crippen LogP contribution in [0, 0.1) is 12.8 Å². The number of sulfonamides is 1. The quantitative estimate of drug-likeness (QED) is 0.281. The van der Waals surface area contributed by atoms with Crippen molar-refractivity contribution >= 4 is 50.7 Å². The first kappa shape index (κ1) is 32.2. The fraction of sp³-hybridized carbons (Fsp3) is 0.333. The Labute approximate surface area is 252 Å². The van der Waals surface area contributed by atoms with E-state index in [0.29, 0.717) is 22.2 Å². The van der Waals surface area contributed by atoms with Crippen molar-refractivity contribution in [2.75, 3.05) is 24.5 Å². The van der Waals surface area contributed by atoms with Gasteiger partial charge < -0.3 is 15.0 Å². The Hall–Kier alpha value is -3.27. The van der Waals surface area contributed by atoms with E-state index in [-0.39, 0.29) is 34.7 Å². The minimum Gasteiger partial charge on any atom is -0.495 e. The van der Waals surface area contributed by atoms with Gasteiger partial charge in [0, 0.05) is 28.7 Å². The van der Waals surface area contributed by atoms with Gasteiger partial charge in [0.2, 0.25) is 11.8 Å². The minimum atomic E-state index is -4.24. The lowest BCUT2D eigenvalue weighted by molar-refractivity contribution is -0.139. The van der Waals surface area contributed by atoms with Crippen LogP contribution in [-0.2, 0) is 26.2 Å². The Morgan fingerprint density at radius 3 is 2.17 bits per heavy atom. The second kappa shape index (κ2) is 14.1. The smallest absolute Gasteiger partial charge is 0.264 e. The Balaban J connectivity index is 2.11. The highest BCUT2D eigenvalue weighted by molar-refractivity contribution is 7.92. The van der Waals surface area contributed by atoms with Crippen molar-refractivity contribution in [2.45, 2.75) is 45.2 Å². The number of hydrogen-bond donors (Lipinski definition) is 1. The zero-order chi connectivity index (χ0) is 30.3. The van der Waals surface area contributed by atoms with Gasteiger partial charge in [-0.1, -0.05) is 67.4 Å². The van der Waals surface area contributed by atoms with Gasteiger partial charge in [-0.05, 0) is 61.7 Å². The lowest BCUT2D eigenvalue weighted by Crippen LogP contribution is -2.51. The van der Waals surface area contributed by atoms with Crippen LogP contribution in [0.4, 0.5) is 5.69 Å². The number of ether oxygens (including phenoxy) is 1. The number of rotatable bonds is 12. The second-order valence-corrected chi connectivity index (χ2v) is 12.7. The molecule has 41 heavy (non-hydrogen) atoms. The van der Waals surface area contributed by atoms with Crippen molar-refractivity contribution in [3.63, 3.8) is 0 Å². The number of methoxy groups -OCH3 is 1. The van der Waals surface area contributed by atoms with Gasteiger partial charge in [-0.2, -0.15) is 0 Å². The molecule has 3 aromatic rings. The summed E-state index contributed by atoms with van der Waals surface area (Å²) < 4.78 is 34.5. The molecule has 1 atom stereocenters. The van der Waals surface area contributed by atoms with Gasteiger partial charge >= 0.3 is 0 Å². The SMILES string of the molecule is COc1ccc(C)cc1N(CC(=O)N(Cc1c(Cl)cccc1Cl)C(C)C(=O)NCC(C)C)S(=O)(=O)c1ccccc1.